The van der Waals surface area contributed by atoms with Crippen molar-refractivity contribution in [3.8, 4) is 6.07 Å². The van der Waals surface area contributed by atoms with Gasteiger partial charge in [-0.3, -0.25) is 0 Å². The molecule has 1 heterocycles. The van der Waals surface area contributed by atoms with Crippen LogP contribution in [0.4, 0.5) is 4.79 Å². The topological polar surface area (TPSA) is 62.1 Å². The van der Waals surface area contributed by atoms with Crippen molar-refractivity contribution in [1.29, 1.82) is 5.26 Å². The molecule has 1 aromatic heterocycles. The Bertz CT molecular complexity index is 387. The van der Waals surface area contributed by atoms with Gasteiger partial charge in [-0.2, -0.15) is 5.26 Å². The lowest BCUT2D eigenvalue weighted by molar-refractivity contribution is 0.0516. The third-order valence-electron chi connectivity index (χ3n) is 1.62. The van der Waals surface area contributed by atoms with E-state index in [-0.39, 0.29) is 0 Å². The molecule has 0 saturated heterocycles. The quantitative estimate of drug-likeness (QED) is 0.861. The summed E-state index contributed by atoms with van der Waals surface area (Å²) >= 11 is 1.42. The minimum absolute atomic E-state index is 0.556. The zero-order valence-corrected chi connectivity index (χ0v) is 10.3. The molecule has 0 saturated carbocycles. The molecular weight excluding hydrogens is 224 g/mol. The number of alkyl carbamates (subject to hydrolysis) is 1. The molecule has 0 aliphatic rings. The van der Waals surface area contributed by atoms with Gasteiger partial charge >= 0.3 is 6.09 Å². The van der Waals surface area contributed by atoms with E-state index in [1.165, 1.54) is 11.3 Å². The fraction of sp³-hybridized carbons (Fsp3) is 0.455. The van der Waals surface area contributed by atoms with Gasteiger partial charge in [0, 0.05) is 4.88 Å². The van der Waals surface area contributed by atoms with Crippen LogP contribution >= 0.6 is 11.3 Å². The van der Waals surface area contributed by atoms with E-state index in [9.17, 15) is 4.79 Å². The molecule has 0 aromatic carbocycles. The highest BCUT2D eigenvalue weighted by molar-refractivity contribution is 7.10. The number of carbonyl (C=O) groups excluding carboxylic acids is 1. The second-order valence-corrected chi connectivity index (χ2v) is 5.20. The highest BCUT2D eigenvalue weighted by Crippen LogP contribution is 2.18. The largest absolute Gasteiger partial charge is 0.444 e. The van der Waals surface area contributed by atoms with E-state index in [0.29, 0.717) is 0 Å². The molecule has 0 fully saturated rings. The molecule has 86 valence electrons. The molecule has 0 spiro atoms. The molecule has 0 aliphatic heterocycles. The molecule has 1 rings (SSSR count). The average Bonchev–Trinajstić information content (AvgIpc) is 2.63. The number of amides is 1. The molecule has 0 radical (unpaired) electrons. The predicted octanol–water partition coefficient (Wildman–Crippen LogP) is 2.84. The summed E-state index contributed by atoms with van der Waals surface area (Å²) in [7, 11) is 0. The van der Waals surface area contributed by atoms with Crippen LogP contribution < -0.4 is 5.32 Å². The number of nitriles is 1. The maximum Gasteiger partial charge on any atom is 0.409 e. The van der Waals surface area contributed by atoms with Crippen molar-refractivity contribution < 1.29 is 9.53 Å². The Balaban J connectivity index is 2.59. The Morgan fingerprint density at radius 2 is 2.31 bits per heavy atom. The van der Waals surface area contributed by atoms with Crippen LogP contribution in [0.25, 0.3) is 0 Å². The second kappa shape index (κ2) is 4.99. The summed E-state index contributed by atoms with van der Waals surface area (Å²) < 4.78 is 5.07. The Kier molecular flexibility index (Phi) is 3.91. The maximum absolute atomic E-state index is 11.4. The summed E-state index contributed by atoms with van der Waals surface area (Å²) in [5.74, 6) is 0. The number of ether oxygens (including phenoxy) is 1. The van der Waals surface area contributed by atoms with E-state index < -0.39 is 17.7 Å². The number of rotatable bonds is 2. The van der Waals surface area contributed by atoms with Gasteiger partial charge in [0.2, 0.25) is 0 Å². The summed E-state index contributed by atoms with van der Waals surface area (Å²) in [4.78, 5) is 12.2. The number of hydrogen-bond acceptors (Lipinski definition) is 4. The maximum atomic E-state index is 11.4. The third-order valence-corrected chi connectivity index (χ3v) is 2.56. The van der Waals surface area contributed by atoms with Crippen LogP contribution in [-0.2, 0) is 4.74 Å². The van der Waals surface area contributed by atoms with Gasteiger partial charge in [0.25, 0.3) is 0 Å². The Morgan fingerprint density at radius 1 is 1.62 bits per heavy atom. The molecule has 1 atom stereocenters. The molecule has 1 aromatic rings. The van der Waals surface area contributed by atoms with Gasteiger partial charge in [-0.1, -0.05) is 6.07 Å². The minimum atomic E-state index is -0.644. The van der Waals surface area contributed by atoms with Crippen LogP contribution in [0.2, 0.25) is 0 Å². The van der Waals surface area contributed by atoms with E-state index in [4.69, 9.17) is 10.00 Å². The van der Waals surface area contributed by atoms with Crippen molar-refractivity contribution in [1.82, 2.24) is 5.32 Å². The van der Waals surface area contributed by atoms with E-state index in [1.807, 2.05) is 17.5 Å². The Morgan fingerprint density at radius 3 is 2.75 bits per heavy atom. The summed E-state index contributed by atoms with van der Waals surface area (Å²) in [5, 5.41) is 13.3. The second-order valence-electron chi connectivity index (χ2n) is 4.22. The van der Waals surface area contributed by atoms with Crippen molar-refractivity contribution in [3.63, 3.8) is 0 Å². The fourth-order valence-electron chi connectivity index (χ4n) is 1.05. The standard InChI is InChI=1S/C11H14N2O2S/c1-11(2,3)15-10(14)13-8(7-12)9-5-4-6-16-9/h4-6,8H,1-3H3,(H,13,14)/t8-/m1/s1. The summed E-state index contributed by atoms with van der Waals surface area (Å²) in [6.45, 7) is 5.33. The monoisotopic (exact) mass is 238 g/mol. The van der Waals surface area contributed by atoms with Crippen molar-refractivity contribution in [3.05, 3.63) is 22.4 Å². The van der Waals surface area contributed by atoms with Gasteiger partial charge in [0.05, 0.1) is 6.07 Å². The lowest BCUT2D eigenvalue weighted by atomic mass is 10.2. The Hall–Kier alpha value is -1.54. The van der Waals surface area contributed by atoms with Crippen LogP contribution in [-0.4, -0.2) is 11.7 Å². The molecule has 0 aliphatic carbocycles. The minimum Gasteiger partial charge on any atom is -0.444 e. The molecule has 0 bridgehead atoms. The van der Waals surface area contributed by atoms with Gasteiger partial charge in [-0.05, 0) is 32.2 Å². The lowest BCUT2D eigenvalue weighted by Gasteiger charge is -2.20. The zero-order valence-electron chi connectivity index (χ0n) is 9.48. The molecule has 0 unspecified atom stereocenters. The fourth-order valence-corrected chi connectivity index (χ4v) is 1.77. The van der Waals surface area contributed by atoms with E-state index in [0.717, 1.165) is 4.88 Å². The number of thiophene rings is 1. The first-order valence-corrected chi connectivity index (χ1v) is 5.73. The Labute approximate surface area is 98.8 Å². The number of nitrogens with zero attached hydrogens (tertiary/aromatic N) is 1. The van der Waals surface area contributed by atoms with Gasteiger partial charge in [-0.25, -0.2) is 4.79 Å². The van der Waals surface area contributed by atoms with Crippen LogP contribution in [0.1, 0.15) is 31.7 Å². The SMILES string of the molecule is CC(C)(C)OC(=O)N[C@H](C#N)c1cccs1. The molecule has 5 heteroatoms. The first kappa shape index (κ1) is 12.5. The van der Waals surface area contributed by atoms with Gasteiger partial charge < -0.3 is 10.1 Å². The number of nitrogens with one attached hydrogen (secondary N) is 1. The lowest BCUT2D eigenvalue weighted by Crippen LogP contribution is -2.34. The molecule has 1 amide bonds. The predicted molar refractivity (Wildman–Crippen MR) is 62.0 cm³/mol. The van der Waals surface area contributed by atoms with Crippen molar-refractivity contribution in [2.75, 3.05) is 0 Å². The third kappa shape index (κ3) is 3.91. The van der Waals surface area contributed by atoms with Crippen molar-refractivity contribution in [2.45, 2.75) is 32.4 Å². The van der Waals surface area contributed by atoms with Crippen LogP contribution in [0.5, 0.6) is 0 Å². The summed E-state index contributed by atoms with van der Waals surface area (Å²) in [5.41, 5.74) is -0.556. The van der Waals surface area contributed by atoms with Crippen LogP contribution in [0, 0.1) is 11.3 Å². The first-order valence-electron chi connectivity index (χ1n) is 4.85. The molecular formula is C11H14N2O2S. The summed E-state index contributed by atoms with van der Waals surface area (Å²) in [6, 6.07) is 5.01. The average molecular weight is 238 g/mol. The normalized spacial score (nSPS) is 12.6. The molecule has 16 heavy (non-hydrogen) atoms. The van der Waals surface area contributed by atoms with E-state index >= 15 is 0 Å². The van der Waals surface area contributed by atoms with E-state index in [1.54, 1.807) is 26.8 Å². The van der Waals surface area contributed by atoms with Gasteiger partial charge in [0.1, 0.15) is 5.60 Å². The summed E-state index contributed by atoms with van der Waals surface area (Å²) in [6.07, 6.45) is -0.576. The van der Waals surface area contributed by atoms with Crippen LogP contribution in [0.15, 0.2) is 17.5 Å². The number of carbonyl (C=O) groups is 1. The molecule has 4 nitrogen and oxygen atoms in total. The smallest absolute Gasteiger partial charge is 0.409 e. The van der Waals surface area contributed by atoms with Gasteiger partial charge in [-0.15, -0.1) is 11.3 Å². The van der Waals surface area contributed by atoms with Crippen molar-refractivity contribution >= 4 is 17.4 Å². The van der Waals surface area contributed by atoms with Gasteiger partial charge in [0.15, 0.2) is 6.04 Å². The highest BCUT2D eigenvalue weighted by Gasteiger charge is 2.20. The first-order chi connectivity index (χ1) is 7.42. The highest BCUT2D eigenvalue weighted by atomic mass is 32.1. The number of hydrogen-bond donors (Lipinski definition) is 1. The van der Waals surface area contributed by atoms with Crippen LogP contribution in [0.3, 0.4) is 0 Å². The van der Waals surface area contributed by atoms with E-state index in [2.05, 4.69) is 5.32 Å². The molecule has 1 N–H and O–H groups in total. The van der Waals surface area contributed by atoms with Crippen molar-refractivity contribution in [2.24, 2.45) is 0 Å². The zero-order chi connectivity index (χ0) is 12.2.